The maximum Gasteiger partial charge on any atom is 0.303 e. The molecule has 0 amide bonds. The molecule has 0 spiro atoms. The zero-order chi connectivity index (χ0) is 23.1. The Morgan fingerprint density at radius 1 is 1.16 bits per heavy atom. The average molecular weight is 433 g/mol. The fourth-order valence-electron chi connectivity index (χ4n) is 3.67. The molecule has 0 aromatic heterocycles. The Bertz CT molecular complexity index is 657. The van der Waals surface area contributed by atoms with Crippen molar-refractivity contribution in [3.8, 4) is 0 Å². The van der Waals surface area contributed by atoms with Crippen LogP contribution in [0.1, 0.15) is 85.0 Å². The van der Waals surface area contributed by atoms with E-state index in [9.17, 15) is 19.5 Å². The molecular formula is C26H40O5. The van der Waals surface area contributed by atoms with Gasteiger partial charge in [-0.3, -0.25) is 14.4 Å². The highest BCUT2D eigenvalue weighted by Crippen LogP contribution is 2.28. The first-order valence-corrected chi connectivity index (χ1v) is 11.7. The summed E-state index contributed by atoms with van der Waals surface area (Å²) in [6.07, 6.45) is 20.2. The van der Waals surface area contributed by atoms with Gasteiger partial charge in [-0.2, -0.15) is 0 Å². The number of Topliss-reactive ketones (excluding diaryl/α,β-unsaturated/α-hetero) is 1. The average Bonchev–Trinajstić information content (AvgIpc) is 3.06. The first kappa shape index (κ1) is 27.0. The lowest BCUT2D eigenvalue weighted by Crippen LogP contribution is -2.23. The minimum atomic E-state index is -0.696. The second kappa shape index (κ2) is 14.9. The van der Waals surface area contributed by atoms with E-state index < -0.39 is 11.6 Å². The lowest BCUT2D eigenvalue weighted by atomic mass is 9.89. The van der Waals surface area contributed by atoms with Crippen molar-refractivity contribution in [1.82, 2.24) is 0 Å². The molecule has 1 aliphatic rings. The van der Waals surface area contributed by atoms with Crippen molar-refractivity contribution >= 4 is 17.5 Å². The number of allylic oxidation sites excluding steroid dienone is 5. The Morgan fingerprint density at radius 2 is 1.94 bits per heavy atom. The Hall–Kier alpha value is -2.01. The van der Waals surface area contributed by atoms with Crippen LogP contribution >= 0.6 is 0 Å². The van der Waals surface area contributed by atoms with Crippen LogP contribution in [0.25, 0.3) is 0 Å². The molecule has 0 saturated carbocycles. The molecule has 31 heavy (non-hydrogen) atoms. The Balaban J connectivity index is 2.34. The Morgan fingerprint density at radius 3 is 2.65 bits per heavy atom. The van der Waals surface area contributed by atoms with Gasteiger partial charge in [0.1, 0.15) is 6.61 Å². The van der Waals surface area contributed by atoms with Gasteiger partial charge >= 0.3 is 5.97 Å². The zero-order valence-corrected chi connectivity index (χ0v) is 19.5. The van der Waals surface area contributed by atoms with Gasteiger partial charge in [0.15, 0.2) is 11.6 Å². The van der Waals surface area contributed by atoms with E-state index in [4.69, 9.17) is 0 Å². The summed E-state index contributed by atoms with van der Waals surface area (Å²) in [6.45, 7) is 5.20. The molecule has 0 aliphatic heterocycles. The van der Waals surface area contributed by atoms with Gasteiger partial charge in [-0.05, 0) is 45.1 Å². The molecule has 0 bridgehead atoms. The van der Waals surface area contributed by atoms with Crippen molar-refractivity contribution in [2.75, 3.05) is 6.61 Å². The summed E-state index contributed by atoms with van der Waals surface area (Å²) in [5.41, 5.74) is -0.696. The topological polar surface area (TPSA) is 80.7 Å². The summed E-state index contributed by atoms with van der Waals surface area (Å²) in [5, 5.41) is 10.5. The Labute approximate surface area is 187 Å². The van der Waals surface area contributed by atoms with Gasteiger partial charge in [0.05, 0.1) is 5.60 Å². The van der Waals surface area contributed by atoms with E-state index in [0.29, 0.717) is 25.7 Å². The number of carbonyl (C=O) groups excluding carboxylic acids is 3. The van der Waals surface area contributed by atoms with E-state index in [1.807, 2.05) is 37.3 Å². The molecule has 1 rings (SSSR count). The highest BCUT2D eigenvalue weighted by molar-refractivity contribution is 5.95. The zero-order valence-electron chi connectivity index (χ0n) is 19.5. The lowest BCUT2D eigenvalue weighted by molar-refractivity contribution is -0.145. The van der Waals surface area contributed by atoms with Gasteiger partial charge in [-0.15, -0.1) is 0 Å². The summed E-state index contributed by atoms with van der Waals surface area (Å²) in [6, 6.07) is 0. The summed E-state index contributed by atoms with van der Waals surface area (Å²) >= 11 is 0. The van der Waals surface area contributed by atoms with Crippen LogP contribution in [-0.2, 0) is 19.1 Å². The van der Waals surface area contributed by atoms with Gasteiger partial charge in [-0.25, -0.2) is 0 Å². The standard InChI is InChI=1S/C26H40O5/c1-4-5-6-11-18-26(3,30)19-12-13-22-16-17-25(29)24(22)15-10-8-7-9-14-23(28)20-31-21(2)27/h8,10,12-13,16-17,22,24,30H,4-7,9,11,14-15,18-20H2,1-3H3/t22-,24+,26?/m0/s1. The molecule has 0 heterocycles. The summed E-state index contributed by atoms with van der Waals surface area (Å²) in [7, 11) is 0. The molecule has 0 aromatic rings. The van der Waals surface area contributed by atoms with Gasteiger partial charge < -0.3 is 9.84 Å². The van der Waals surface area contributed by atoms with Crippen LogP contribution in [0, 0.1) is 11.8 Å². The van der Waals surface area contributed by atoms with Crippen molar-refractivity contribution in [1.29, 1.82) is 0 Å². The molecule has 1 N–H and O–H groups in total. The first-order valence-electron chi connectivity index (χ1n) is 11.7. The van der Waals surface area contributed by atoms with Crippen molar-refractivity contribution < 1.29 is 24.2 Å². The number of hydrogen-bond donors (Lipinski definition) is 1. The molecule has 5 heteroatoms. The highest BCUT2D eigenvalue weighted by atomic mass is 16.5. The number of hydrogen-bond acceptors (Lipinski definition) is 5. The molecule has 174 valence electrons. The quantitative estimate of drug-likeness (QED) is 0.204. The number of unbranched alkanes of at least 4 members (excludes halogenated alkanes) is 4. The first-order chi connectivity index (χ1) is 14.7. The van der Waals surface area contributed by atoms with E-state index in [1.54, 1.807) is 6.08 Å². The van der Waals surface area contributed by atoms with E-state index >= 15 is 0 Å². The fraction of sp³-hybridized carbons (Fsp3) is 0.654. The Kier molecular flexibility index (Phi) is 13.0. The molecule has 0 fully saturated rings. The smallest absolute Gasteiger partial charge is 0.303 e. The van der Waals surface area contributed by atoms with Crippen molar-refractivity contribution in [2.24, 2.45) is 11.8 Å². The molecule has 0 saturated heterocycles. The molecular weight excluding hydrogens is 392 g/mol. The second-order valence-electron chi connectivity index (χ2n) is 8.80. The number of rotatable bonds is 16. The molecule has 1 aliphatic carbocycles. The number of carbonyl (C=O) groups is 3. The van der Waals surface area contributed by atoms with Crippen molar-refractivity contribution in [3.63, 3.8) is 0 Å². The van der Waals surface area contributed by atoms with Crippen LogP contribution in [0.3, 0.4) is 0 Å². The summed E-state index contributed by atoms with van der Waals surface area (Å²) in [5.74, 6) is -0.402. The maximum absolute atomic E-state index is 12.2. The van der Waals surface area contributed by atoms with E-state index in [1.165, 1.54) is 19.8 Å². The minimum absolute atomic E-state index is 0.0679. The molecule has 0 aromatic carbocycles. The number of ether oxygens (including phenoxy) is 1. The predicted molar refractivity (Wildman–Crippen MR) is 124 cm³/mol. The van der Waals surface area contributed by atoms with Gasteiger partial charge in [0.25, 0.3) is 0 Å². The second-order valence-corrected chi connectivity index (χ2v) is 8.80. The fourth-order valence-corrected chi connectivity index (χ4v) is 3.67. The van der Waals surface area contributed by atoms with Gasteiger partial charge in [0.2, 0.25) is 0 Å². The number of esters is 1. The minimum Gasteiger partial charge on any atom is -0.458 e. The maximum atomic E-state index is 12.2. The van der Waals surface area contributed by atoms with Crippen molar-refractivity contribution in [2.45, 2.75) is 90.6 Å². The molecule has 3 atom stereocenters. The molecule has 5 nitrogen and oxygen atoms in total. The normalized spacial score (nSPS) is 20.6. The third-order valence-electron chi connectivity index (χ3n) is 5.62. The van der Waals surface area contributed by atoms with Crippen LogP contribution in [0.4, 0.5) is 0 Å². The van der Waals surface area contributed by atoms with E-state index in [-0.39, 0.29) is 30.0 Å². The third-order valence-corrected chi connectivity index (χ3v) is 5.62. The van der Waals surface area contributed by atoms with Gasteiger partial charge in [0, 0.05) is 25.2 Å². The monoisotopic (exact) mass is 432 g/mol. The van der Waals surface area contributed by atoms with E-state index in [0.717, 1.165) is 25.7 Å². The van der Waals surface area contributed by atoms with E-state index in [2.05, 4.69) is 11.7 Å². The molecule has 1 unspecified atom stereocenters. The lowest BCUT2D eigenvalue weighted by Gasteiger charge is -2.22. The van der Waals surface area contributed by atoms with Crippen LogP contribution in [-0.4, -0.2) is 34.9 Å². The summed E-state index contributed by atoms with van der Waals surface area (Å²) in [4.78, 5) is 34.4. The van der Waals surface area contributed by atoms with Gasteiger partial charge in [-0.1, -0.05) is 63.0 Å². The van der Waals surface area contributed by atoms with Crippen LogP contribution in [0.5, 0.6) is 0 Å². The third kappa shape index (κ3) is 12.4. The van der Waals surface area contributed by atoms with Crippen molar-refractivity contribution in [3.05, 3.63) is 36.5 Å². The number of ketones is 2. The highest BCUT2D eigenvalue weighted by Gasteiger charge is 2.27. The number of aliphatic hydroxyl groups is 1. The SMILES string of the molecule is CCCCCCC(C)(O)CC=C[C@H]1C=CC(=O)[C@@H]1CC=CCCCC(=O)COC(C)=O. The summed E-state index contributed by atoms with van der Waals surface area (Å²) < 4.78 is 4.68. The molecule has 0 radical (unpaired) electrons. The predicted octanol–water partition coefficient (Wildman–Crippen LogP) is 5.27. The van der Waals surface area contributed by atoms with Crippen LogP contribution in [0.15, 0.2) is 36.5 Å². The largest absolute Gasteiger partial charge is 0.458 e. The van der Waals surface area contributed by atoms with Crippen LogP contribution < -0.4 is 0 Å². The van der Waals surface area contributed by atoms with Crippen LogP contribution in [0.2, 0.25) is 0 Å².